The maximum atomic E-state index is 9.06. The van der Waals surface area contributed by atoms with Crippen molar-refractivity contribution in [2.75, 3.05) is 13.2 Å². The smallest absolute Gasteiger partial charge is 0.0705 e. The Morgan fingerprint density at radius 2 is 1.80 bits per heavy atom. The topological polar surface area (TPSA) is 29.5 Å². The quantitative estimate of drug-likeness (QED) is 0.609. The van der Waals surface area contributed by atoms with Crippen molar-refractivity contribution >= 4 is 0 Å². The summed E-state index contributed by atoms with van der Waals surface area (Å²) in [6.07, 6.45) is 7.91. The van der Waals surface area contributed by atoms with Crippen LogP contribution in [0.5, 0.6) is 0 Å². The second-order valence-corrected chi connectivity index (χ2v) is 5.55. The Hall–Kier alpha value is -0.860. The molecule has 2 heteroatoms. The van der Waals surface area contributed by atoms with Crippen molar-refractivity contribution in [3.63, 3.8) is 0 Å². The minimum Gasteiger partial charge on any atom is -0.394 e. The molecule has 114 valence electrons. The first kappa shape index (κ1) is 17.2. The summed E-state index contributed by atoms with van der Waals surface area (Å²) >= 11 is 0. The van der Waals surface area contributed by atoms with Gasteiger partial charge in [-0.2, -0.15) is 0 Å². The second kappa shape index (κ2) is 9.95. The molecule has 1 N–H and O–H groups in total. The molecule has 0 fully saturated rings. The van der Waals surface area contributed by atoms with E-state index in [1.165, 1.54) is 24.8 Å². The molecule has 0 aromatic heterocycles. The van der Waals surface area contributed by atoms with Gasteiger partial charge in [-0.25, -0.2) is 0 Å². The molecular formula is C18H30O2. The van der Waals surface area contributed by atoms with Gasteiger partial charge in [-0.05, 0) is 31.2 Å². The molecule has 0 saturated carbocycles. The first-order valence-electron chi connectivity index (χ1n) is 8.05. The van der Waals surface area contributed by atoms with Gasteiger partial charge in [0.25, 0.3) is 0 Å². The Kier molecular flexibility index (Phi) is 8.56. The molecule has 0 heterocycles. The number of unbranched alkanes of at least 4 members (excludes halogenated alkanes) is 2. The van der Waals surface area contributed by atoms with Gasteiger partial charge < -0.3 is 9.84 Å². The highest BCUT2D eigenvalue weighted by Crippen LogP contribution is 2.29. The molecule has 1 atom stereocenters. The largest absolute Gasteiger partial charge is 0.394 e. The minimum absolute atomic E-state index is 0.0618. The van der Waals surface area contributed by atoms with Crippen molar-refractivity contribution in [3.05, 3.63) is 35.9 Å². The zero-order chi connectivity index (χ0) is 14.7. The number of hydrogen-bond donors (Lipinski definition) is 1. The van der Waals surface area contributed by atoms with Crippen molar-refractivity contribution in [1.82, 2.24) is 0 Å². The second-order valence-electron chi connectivity index (χ2n) is 5.55. The Labute approximate surface area is 124 Å². The van der Waals surface area contributed by atoms with Crippen molar-refractivity contribution in [1.29, 1.82) is 0 Å². The van der Waals surface area contributed by atoms with Gasteiger partial charge in [0.1, 0.15) is 0 Å². The molecular weight excluding hydrogens is 248 g/mol. The highest BCUT2D eigenvalue weighted by Gasteiger charge is 2.28. The Bertz CT molecular complexity index is 337. The van der Waals surface area contributed by atoms with Gasteiger partial charge in [0.05, 0.1) is 18.8 Å². The number of hydrogen-bond acceptors (Lipinski definition) is 2. The maximum Gasteiger partial charge on any atom is 0.0705 e. The number of aliphatic hydroxyl groups is 1. The third kappa shape index (κ3) is 6.06. The number of benzene rings is 1. The standard InChI is InChI=1S/C18H30O2/c1-3-5-9-13-18(4-2,20-16-15-19)14-12-17-10-7-6-8-11-17/h6-8,10-11,19H,3-5,9,12-16H2,1-2H3. The lowest BCUT2D eigenvalue weighted by atomic mass is 9.87. The van der Waals surface area contributed by atoms with Crippen molar-refractivity contribution in [3.8, 4) is 0 Å². The molecule has 2 nitrogen and oxygen atoms in total. The third-order valence-corrected chi connectivity index (χ3v) is 4.09. The molecule has 20 heavy (non-hydrogen) atoms. The molecule has 1 aromatic rings. The molecule has 0 aliphatic carbocycles. The highest BCUT2D eigenvalue weighted by molar-refractivity contribution is 5.15. The molecule has 0 bridgehead atoms. The zero-order valence-corrected chi connectivity index (χ0v) is 13.1. The zero-order valence-electron chi connectivity index (χ0n) is 13.1. The summed E-state index contributed by atoms with van der Waals surface area (Å²) in [6, 6.07) is 10.6. The first-order valence-corrected chi connectivity index (χ1v) is 8.05. The SMILES string of the molecule is CCCCCC(CC)(CCc1ccccc1)OCCO. The lowest BCUT2D eigenvalue weighted by Gasteiger charge is -2.33. The average Bonchev–Trinajstić information content (AvgIpc) is 2.51. The van der Waals surface area contributed by atoms with Crippen LogP contribution < -0.4 is 0 Å². The van der Waals surface area contributed by atoms with Crippen LogP contribution >= 0.6 is 0 Å². The van der Waals surface area contributed by atoms with Crippen LogP contribution in [0.3, 0.4) is 0 Å². The summed E-state index contributed by atoms with van der Waals surface area (Å²) in [6.45, 7) is 5.00. The van der Waals surface area contributed by atoms with Crippen LogP contribution in [0, 0.1) is 0 Å². The number of ether oxygens (including phenoxy) is 1. The maximum absolute atomic E-state index is 9.06. The van der Waals surface area contributed by atoms with Crippen LogP contribution in [-0.4, -0.2) is 23.9 Å². The van der Waals surface area contributed by atoms with Crippen LogP contribution in [0.1, 0.15) is 57.9 Å². The Morgan fingerprint density at radius 1 is 1.05 bits per heavy atom. The van der Waals surface area contributed by atoms with E-state index >= 15 is 0 Å². The Balaban J connectivity index is 2.59. The van der Waals surface area contributed by atoms with Crippen LogP contribution in [0.25, 0.3) is 0 Å². The van der Waals surface area contributed by atoms with Crippen molar-refractivity contribution in [2.24, 2.45) is 0 Å². The summed E-state index contributed by atoms with van der Waals surface area (Å²) < 4.78 is 6.05. The molecule has 0 aliphatic rings. The van der Waals surface area contributed by atoms with Gasteiger partial charge in [0.15, 0.2) is 0 Å². The Morgan fingerprint density at radius 3 is 2.40 bits per heavy atom. The van der Waals surface area contributed by atoms with Crippen LogP contribution in [0.4, 0.5) is 0 Å². The van der Waals surface area contributed by atoms with E-state index in [1.807, 2.05) is 0 Å². The van der Waals surface area contributed by atoms with E-state index in [2.05, 4.69) is 44.2 Å². The van der Waals surface area contributed by atoms with Crippen LogP contribution in [0.2, 0.25) is 0 Å². The van der Waals surface area contributed by atoms with E-state index in [1.54, 1.807) is 0 Å². The normalized spacial score (nSPS) is 14.2. The lowest BCUT2D eigenvalue weighted by molar-refractivity contribution is -0.0727. The summed E-state index contributed by atoms with van der Waals surface area (Å²) in [7, 11) is 0. The van der Waals surface area contributed by atoms with Gasteiger partial charge >= 0.3 is 0 Å². The summed E-state index contributed by atoms with van der Waals surface area (Å²) in [5, 5.41) is 9.06. The molecule has 0 aliphatic heterocycles. The molecule has 1 aromatic carbocycles. The molecule has 0 radical (unpaired) electrons. The van der Waals surface area contributed by atoms with Crippen LogP contribution in [-0.2, 0) is 11.2 Å². The van der Waals surface area contributed by atoms with E-state index in [0.717, 1.165) is 25.7 Å². The fraction of sp³-hybridized carbons (Fsp3) is 0.667. The molecule has 1 unspecified atom stereocenters. The van der Waals surface area contributed by atoms with Gasteiger partial charge in [-0.15, -0.1) is 0 Å². The third-order valence-electron chi connectivity index (χ3n) is 4.09. The van der Waals surface area contributed by atoms with Gasteiger partial charge in [0.2, 0.25) is 0 Å². The lowest BCUT2D eigenvalue weighted by Crippen LogP contribution is -2.34. The predicted molar refractivity (Wildman–Crippen MR) is 85.0 cm³/mol. The first-order chi connectivity index (χ1) is 9.76. The minimum atomic E-state index is -0.0618. The van der Waals surface area contributed by atoms with Crippen LogP contribution in [0.15, 0.2) is 30.3 Å². The fourth-order valence-corrected chi connectivity index (χ4v) is 2.70. The van der Waals surface area contributed by atoms with E-state index in [9.17, 15) is 0 Å². The van der Waals surface area contributed by atoms with E-state index in [4.69, 9.17) is 9.84 Å². The summed E-state index contributed by atoms with van der Waals surface area (Å²) in [5.41, 5.74) is 1.31. The van der Waals surface area contributed by atoms with Gasteiger partial charge in [-0.1, -0.05) is 63.4 Å². The summed E-state index contributed by atoms with van der Waals surface area (Å²) in [4.78, 5) is 0. The number of aryl methyl sites for hydroxylation is 1. The molecule has 0 spiro atoms. The average molecular weight is 278 g/mol. The summed E-state index contributed by atoms with van der Waals surface area (Å²) in [5.74, 6) is 0. The monoisotopic (exact) mass is 278 g/mol. The van der Waals surface area contributed by atoms with Crippen molar-refractivity contribution < 1.29 is 9.84 Å². The van der Waals surface area contributed by atoms with E-state index in [-0.39, 0.29) is 12.2 Å². The molecule has 0 saturated heterocycles. The number of aliphatic hydroxyl groups excluding tert-OH is 1. The molecule has 0 amide bonds. The molecule has 1 rings (SSSR count). The fourth-order valence-electron chi connectivity index (χ4n) is 2.70. The predicted octanol–water partition coefficient (Wildman–Crippen LogP) is 4.36. The van der Waals surface area contributed by atoms with Crippen molar-refractivity contribution in [2.45, 2.75) is 64.4 Å². The number of rotatable bonds is 11. The van der Waals surface area contributed by atoms with E-state index in [0.29, 0.717) is 6.61 Å². The van der Waals surface area contributed by atoms with E-state index < -0.39 is 0 Å². The highest BCUT2D eigenvalue weighted by atomic mass is 16.5. The van der Waals surface area contributed by atoms with Gasteiger partial charge in [0, 0.05) is 0 Å². The van der Waals surface area contributed by atoms with Gasteiger partial charge in [-0.3, -0.25) is 0 Å².